The summed E-state index contributed by atoms with van der Waals surface area (Å²) in [4.78, 5) is 21.2. The molecule has 0 N–H and O–H groups in total. The minimum atomic E-state index is -0.200. The second-order valence-corrected chi connectivity index (χ2v) is 5.31. The molecular weight excluding hydrogens is 288 g/mol. The van der Waals surface area contributed by atoms with Gasteiger partial charge < -0.3 is 4.42 Å². The van der Waals surface area contributed by atoms with Gasteiger partial charge in [0.15, 0.2) is 5.82 Å². The van der Waals surface area contributed by atoms with Gasteiger partial charge in [0.25, 0.3) is 5.56 Å². The van der Waals surface area contributed by atoms with Crippen molar-refractivity contribution < 1.29 is 4.42 Å². The van der Waals surface area contributed by atoms with Crippen LogP contribution >= 0.6 is 11.3 Å². The molecule has 0 spiro atoms. The van der Waals surface area contributed by atoms with Gasteiger partial charge in [-0.15, -0.1) is 5.10 Å². The molecule has 0 amide bonds. The lowest BCUT2D eigenvalue weighted by Gasteiger charge is -1.90. The van der Waals surface area contributed by atoms with Gasteiger partial charge in [-0.05, 0) is 24.3 Å². The molecule has 0 saturated heterocycles. The van der Waals surface area contributed by atoms with Crippen molar-refractivity contribution in [1.29, 1.82) is 0 Å². The van der Waals surface area contributed by atoms with E-state index in [0.717, 1.165) is 5.56 Å². The number of hydrogen-bond donors (Lipinski definition) is 0. The molecule has 0 radical (unpaired) electrons. The van der Waals surface area contributed by atoms with Gasteiger partial charge in [-0.3, -0.25) is 9.78 Å². The highest BCUT2D eigenvalue weighted by Gasteiger charge is 2.11. The maximum absolute atomic E-state index is 12.3. The van der Waals surface area contributed by atoms with Gasteiger partial charge in [0.05, 0.1) is 6.26 Å². The molecule has 0 fully saturated rings. The Labute approximate surface area is 122 Å². The summed E-state index contributed by atoms with van der Waals surface area (Å²) in [6, 6.07) is 7.22. The SMILES string of the molecule is O=c1c(=Cc2ccco2)sc2nc(-c3cccnc3)nn12. The third-order valence-electron chi connectivity index (χ3n) is 2.92. The molecule has 0 bridgehead atoms. The lowest BCUT2D eigenvalue weighted by molar-refractivity contribution is 0.556. The fourth-order valence-electron chi connectivity index (χ4n) is 1.95. The van der Waals surface area contributed by atoms with Crippen molar-refractivity contribution in [3.8, 4) is 11.4 Å². The lowest BCUT2D eigenvalue weighted by Crippen LogP contribution is -2.23. The van der Waals surface area contributed by atoms with E-state index in [1.165, 1.54) is 15.9 Å². The Bertz CT molecular complexity index is 1000. The normalized spacial score (nSPS) is 12.3. The first-order valence-corrected chi connectivity index (χ1v) is 6.98. The number of thiazole rings is 1. The van der Waals surface area contributed by atoms with E-state index in [1.54, 1.807) is 42.9 Å². The van der Waals surface area contributed by atoms with Crippen LogP contribution < -0.4 is 10.1 Å². The average molecular weight is 296 g/mol. The van der Waals surface area contributed by atoms with Gasteiger partial charge >= 0.3 is 0 Å². The third-order valence-corrected chi connectivity index (χ3v) is 3.88. The van der Waals surface area contributed by atoms with Crippen LogP contribution in [-0.4, -0.2) is 19.6 Å². The minimum absolute atomic E-state index is 0.200. The fourth-order valence-corrected chi connectivity index (χ4v) is 2.84. The van der Waals surface area contributed by atoms with Gasteiger partial charge in [0.1, 0.15) is 10.3 Å². The summed E-state index contributed by atoms with van der Waals surface area (Å²) < 4.78 is 7.06. The largest absolute Gasteiger partial charge is 0.465 e. The average Bonchev–Trinajstić information content (AvgIpc) is 3.21. The maximum atomic E-state index is 12.3. The van der Waals surface area contributed by atoms with Gasteiger partial charge in [-0.2, -0.15) is 9.50 Å². The Morgan fingerprint density at radius 2 is 2.24 bits per heavy atom. The summed E-state index contributed by atoms with van der Waals surface area (Å²) in [5.41, 5.74) is 0.582. The van der Waals surface area contributed by atoms with E-state index in [-0.39, 0.29) is 5.56 Å². The zero-order valence-electron chi connectivity index (χ0n) is 10.6. The molecule has 0 aromatic carbocycles. The van der Waals surface area contributed by atoms with Gasteiger partial charge in [0, 0.05) is 24.0 Å². The first-order chi connectivity index (χ1) is 10.3. The predicted molar refractivity (Wildman–Crippen MR) is 77.9 cm³/mol. The number of furan rings is 1. The summed E-state index contributed by atoms with van der Waals surface area (Å²) in [5, 5.41) is 4.25. The van der Waals surface area contributed by atoms with Crippen molar-refractivity contribution >= 4 is 22.4 Å². The number of aromatic nitrogens is 4. The second-order valence-electron chi connectivity index (χ2n) is 4.30. The monoisotopic (exact) mass is 296 g/mol. The minimum Gasteiger partial charge on any atom is -0.465 e. The number of hydrogen-bond acceptors (Lipinski definition) is 6. The first-order valence-electron chi connectivity index (χ1n) is 6.16. The van der Waals surface area contributed by atoms with E-state index in [0.29, 0.717) is 21.1 Å². The highest BCUT2D eigenvalue weighted by molar-refractivity contribution is 7.15. The van der Waals surface area contributed by atoms with E-state index < -0.39 is 0 Å². The maximum Gasteiger partial charge on any atom is 0.291 e. The van der Waals surface area contributed by atoms with E-state index in [4.69, 9.17) is 4.42 Å². The van der Waals surface area contributed by atoms with Crippen LogP contribution in [0.2, 0.25) is 0 Å². The van der Waals surface area contributed by atoms with Crippen molar-refractivity contribution in [3.05, 3.63) is 63.6 Å². The van der Waals surface area contributed by atoms with Crippen molar-refractivity contribution in [3.63, 3.8) is 0 Å². The molecule has 4 rings (SSSR count). The highest BCUT2D eigenvalue weighted by Crippen LogP contribution is 2.14. The Kier molecular flexibility index (Phi) is 2.65. The molecule has 0 aliphatic heterocycles. The number of rotatable bonds is 2. The first kappa shape index (κ1) is 12.0. The van der Waals surface area contributed by atoms with Gasteiger partial charge in [-0.1, -0.05) is 11.3 Å². The molecule has 4 aromatic rings. The van der Waals surface area contributed by atoms with Crippen LogP contribution in [0.25, 0.3) is 22.4 Å². The van der Waals surface area contributed by atoms with E-state index >= 15 is 0 Å². The van der Waals surface area contributed by atoms with Crippen LogP contribution in [0.15, 0.2) is 52.1 Å². The van der Waals surface area contributed by atoms with E-state index in [9.17, 15) is 4.79 Å². The number of pyridine rings is 1. The molecule has 7 heteroatoms. The van der Waals surface area contributed by atoms with Crippen LogP contribution in [0.4, 0.5) is 0 Å². The Balaban J connectivity index is 1.87. The lowest BCUT2D eigenvalue weighted by atomic mass is 10.3. The summed E-state index contributed by atoms with van der Waals surface area (Å²) in [6.45, 7) is 0. The summed E-state index contributed by atoms with van der Waals surface area (Å²) in [5.74, 6) is 1.13. The molecule has 0 aliphatic rings. The van der Waals surface area contributed by atoms with Gasteiger partial charge in [-0.25, -0.2) is 0 Å². The van der Waals surface area contributed by atoms with E-state index in [2.05, 4.69) is 15.1 Å². The summed E-state index contributed by atoms with van der Waals surface area (Å²) >= 11 is 1.28. The molecular formula is C14H8N4O2S. The Hall–Kier alpha value is -2.80. The van der Waals surface area contributed by atoms with Gasteiger partial charge in [0.2, 0.25) is 4.96 Å². The number of fused-ring (bicyclic) bond motifs is 1. The third kappa shape index (κ3) is 2.03. The molecule has 4 heterocycles. The molecule has 6 nitrogen and oxygen atoms in total. The fraction of sp³-hybridized carbons (Fsp3) is 0. The second kappa shape index (κ2) is 4.64. The summed E-state index contributed by atoms with van der Waals surface area (Å²) in [6.07, 6.45) is 6.60. The molecule has 21 heavy (non-hydrogen) atoms. The Morgan fingerprint density at radius 1 is 1.29 bits per heavy atom. The van der Waals surface area contributed by atoms with Crippen LogP contribution in [0.1, 0.15) is 5.76 Å². The molecule has 102 valence electrons. The van der Waals surface area contributed by atoms with Crippen LogP contribution in [0.5, 0.6) is 0 Å². The predicted octanol–water partition coefficient (Wildman–Crippen LogP) is 1.35. The van der Waals surface area contributed by atoms with Crippen molar-refractivity contribution in [2.45, 2.75) is 0 Å². The zero-order valence-corrected chi connectivity index (χ0v) is 11.4. The van der Waals surface area contributed by atoms with Crippen molar-refractivity contribution in [2.75, 3.05) is 0 Å². The topological polar surface area (TPSA) is 73.3 Å². The molecule has 0 aliphatic carbocycles. The zero-order chi connectivity index (χ0) is 14.2. The standard InChI is InChI=1S/C14H8N4O2S/c19-13-11(7-10-4-2-6-20-10)21-14-16-12(17-18(13)14)9-3-1-5-15-8-9/h1-8H. The quantitative estimate of drug-likeness (QED) is 0.558. The Morgan fingerprint density at radius 3 is 2.95 bits per heavy atom. The van der Waals surface area contributed by atoms with Crippen LogP contribution in [0.3, 0.4) is 0 Å². The van der Waals surface area contributed by atoms with Crippen LogP contribution in [-0.2, 0) is 0 Å². The van der Waals surface area contributed by atoms with Crippen molar-refractivity contribution in [1.82, 2.24) is 19.6 Å². The van der Waals surface area contributed by atoms with Crippen molar-refractivity contribution in [2.24, 2.45) is 0 Å². The number of nitrogens with zero attached hydrogens (tertiary/aromatic N) is 4. The molecule has 0 saturated carbocycles. The highest BCUT2D eigenvalue weighted by atomic mass is 32.1. The molecule has 4 aromatic heterocycles. The van der Waals surface area contributed by atoms with Crippen LogP contribution in [0, 0.1) is 0 Å². The molecule has 0 unspecified atom stereocenters. The molecule has 0 atom stereocenters. The smallest absolute Gasteiger partial charge is 0.291 e. The van der Waals surface area contributed by atoms with E-state index in [1.807, 2.05) is 6.07 Å². The summed E-state index contributed by atoms with van der Waals surface area (Å²) in [7, 11) is 0.